The fourth-order valence-corrected chi connectivity index (χ4v) is 2.87. The third kappa shape index (κ3) is 4.96. The lowest BCUT2D eigenvalue weighted by atomic mass is 10.1. The number of unbranched alkanes of at least 4 members (excludes halogenated alkanes) is 2. The highest BCUT2D eigenvalue weighted by atomic mass is 32.2. The van der Waals surface area contributed by atoms with Crippen LogP contribution in [0, 0.1) is 5.82 Å². The molecule has 0 aliphatic rings. The summed E-state index contributed by atoms with van der Waals surface area (Å²) in [6.45, 7) is 2.30. The number of halogens is 1. The first-order valence-electron chi connectivity index (χ1n) is 5.99. The minimum atomic E-state index is -0.853. The highest BCUT2D eigenvalue weighted by Crippen LogP contribution is 2.12. The van der Waals surface area contributed by atoms with Crippen molar-refractivity contribution in [2.45, 2.75) is 38.5 Å². The molecule has 0 saturated heterocycles. The minimum Gasteiger partial charge on any atom is -0.326 e. The van der Waals surface area contributed by atoms with Gasteiger partial charge in [-0.2, -0.15) is 0 Å². The van der Waals surface area contributed by atoms with E-state index in [1.54, 1.807) is 12.1 Å². The molecule has 0 aromatic heterocycles. The van der Waals surface area contributed by atoms with Crippen molar-refractivity contribution in [1.82, 2.24) is 0 Å². The summed E-state index contributed by atoms with van der Waals surface area (Å²) >= 11 is 0. The van der Waals surface area contributed by atoms with Crippen LogP contribution < -0.4 is 5.73 Å². The summed E-state index contributed by atoms with van der Waals surface area (Å²) in [5.74, 6) is 0.938. The van der Waals surface area contributed by atoms with Crippen LogP contribution in [-0.4, -0.2) is 9.96 Å². The molecule has 0 aliphatic carbocycles. The summed E-state index contributed by atoms with van der Waals surface area (Å²) in [6, 6.07) is 4.81. The van der Waals surface area contributed by atoms with E-state index in [9.17, 15) is 8.60 Å². The standard InChI is InChI=1S/C13H20FNOS/c1-2-3-4-7-17(16)10-11-5-6-13(14)12(8-11)9-15/h5-6,8H,2-4,7,9-10,15H2,1H3. The fourth-order valence-electron chi connectivity index (χ4n) is 1.65. The van der Waals surface area contributed by atoms with Gasteiger partial charge in [-0.25, -0.2) is 4.39 Å². The topological polar surface area (TPSA) is 43.1 Å². The average Bonchev–Trinajstić information content (AvgIpc) is 2.32. The summed E-state index contributed by atoms with van der Waals surface area (Å²) < 4.78 is 25.0. The van der Waals surface area contributed by atoms with Crippen LogP contribution in [0.5, 0.6) is 0 Å². The van der Waals surface area contributed by atoms with Crippen LogP contribution in [0.15, 0.2) is 18.2 Å². The number of nitrogens with two attached hydrogens (primary N) is 1. The van der Waals surface area contributed by atoms with Crippen molar-refractivity contribution in [1.29, 1.82) is 0 Å². The second kappa shape index (κ2) is 7.56. The van der Waals surface area contributed by atoms with Gasteiger partial charge in [-0.05, 0) is 18.1 Å². The Labute approximate surface area is 105 Å². The van der Waals surface area contributed by atoms with E-state index in [1.807, 2.05) is 0 Å². The summed E-state index contributed by atoms with van der Waals surface area (Å²) in [5, 5.41) is 0. The SMILES string of the molecule is CCCCCS(=O)Cc1ccc(F)c(CN)c1. The first kappa shape index (κ1) is 14.3. The third-order valence-corrected chi connectivity index (χ3v) is 4.03. The molecule has 1 unspecified atom stereocenters. The van der Waals surface area contributed by atoms with E-state index >= 15 is 0 Å². The average molecular weight is 257 g/mol. The molecule has 0 amide bonds. The van der Waals surface area contributed by atoms with Gasteiger partial charge in [0.25, 0.3) is 0 Å². The van der Waals surface area contributed by atoms with E-state index in [2.05, 4.69) is 6.92 Å². The summed E-state index contributed by atoms with van der Waals surface area (Å²) in [6.07, 6.45) is 3.24. The Balaban J connectivity index is 2.53. The van der Waals surface area contributed by atoms with Gasteiger partial charge in [0.2, 0.25) is 0 Å². The highest BCUT2D eigenvalue weighted by Gasteiger charge is 2.05. The first-order valence-corrected chi connectivity index (χ1v) is 7.48. The predicted octanol–water partition coefficient (Wildman–Crippen LogP) is 2.72. The Hall–Kier alpha value is -0.740. The van der Waals surface area contributed by atoms with E-state index in [0.717, 1.165) is 30.6 Å². The van der Waals surface area contributed by atoms with E-state index in [1.165, 1.54) is 6.07 Å². The van der Waals surface area contributed by atoms with Crippen molar-refractivity contribution in [3.63, 3.8) is 0 Å². The van der Waals surface area contributed by atoms with Gasteiger partial charge in [-0.15, -0.1) is 0 Å². The molecule has 0 aliphatic heterocycles. The van der Waals surface area contributed by atoms with Gasteiger partial charge < -0.3 is 5.73 Å². The van der Waals surface area contributed by atoms with Gasteiger partial charge in [0, 0.05) is 34.4 Å². The van der Waals surface area contributed by atoms with Crippen molar-refractivity contribution in [3.05, 3.63) is 35.1 Å². The molecular formula is C13H20FNOS. The van der Waals surface area contributed by atoms with E-state index in [-0.39, 0.29) is 12.4 Å². The van der Waals surface area contributed by atoms with Crippen LogP contribution in [0.4, 0.5) is 4.39 Å². The molecule has 96 valence electrons. The van der Waals surface area contributed by atoms with E-state index in [0.29, 0.717) is 11.3 Å². The van der Waals surface area contributed by atoms with Gasteiger partial charge in [-0.3, -0.25) is 4.21 Å². The lowest BCUT2D eigenvalue weighted by Crippen LogP contribution is -2.04. The Morgan fingerprint density at radius 1 is 1.35 bits per heavy atom. The molecule has 0 fully saturated rings. The molecule has 0 spiro atoms. The number of hydrogen-bond donors (Lipinski definition) is 1. The van der Waals surface area contributed by atoms with E-state index < -0.39 is 10.8 Å². The molecule has 2 N–H and O–H groups in total. The summed E-state index contributed by atoms with van der Waals surface area (Å²) in [5.41, 5.74) is 6.83. The maximum absolute atomic E-state index is 13.2. The van der Waals surface area contributed by atoms with Crippen LogP contribution in [0.1, 0.15) is 37.3 Å². The van der Waals surface area contributed by atoms with Crippen LogP contribution in [0.2, 0.25) is 0 Å². The zero-order valence-corrected chi connectivity index (χ0v) is 11.1. The normalized spacial score (nSPS) is 12.6. The largest absolute Gasteiger partial charge is 0.326 e. The van der Waals surface area contributed by atoms with Gasteiger partial charge >= 0.3 is 0 Å². The number of hydrogen-bond acceptors (Lipinski definition) is 2. The van der Waals surface area contributed by atoms with Crippen LogP contribution in [0.3, 0.4) is 0 Å². The molecule has 1 aromatic carbocycles. The Bertz CT molecular complexity index is 382. The molecule has 17 heavy (non-hydrogen) atoms. The molecule has 4 heteroatoms. The minimum absolute atomic E-state index is 0.183. The molecule has 2 nitrogen and oxygen atoms in total. The first-order chi connectivity index (χ1) is 8.17. The number of benzene rings is 1. The summed E-state index contributed by atoms with van der Waals surface area (Å²) in [4.78, 5) is 0. The second-order valence-electron chi connectivity index (χ2n) is 4.13. The Morgan fingerprint density at radius 2 is 2.12 bits per heavy atom. The molecule has 0 bridgehead atoms. The number of rotatable bonds is 7. The van der Waals surface area contributed by atoms with E-state index in [4.69, 9.17) is 5.73 Å². The fraction of sp³-hybridized carbons (Fsp3) is 0.538. The van der Waals surface area contributed by atoms with Gasteiger partial charge in [-0.1, -0.05) is 31.9 Å². The van der Waals surface area contributed by atoms with Crippen molar-refractivity contribution in [2.75, 3.05) is 5.75 Å². The van der Waals surface area contributed by atoms with Crippen molar-refractivity contribution in [2.24, 2.45) is 5.73 Å². The van der Waals surface area contributed by atoms with Crippen molar-refractivity contribution < 1.29 is 8.60 Å². The zero-order chi connectivity index (χ0) is 12.7. The van der Waals surface area contributed by atoms with Gasteiger partial charge in [0.15, 0.2) is 0 Å². The Morgan fingerprint density at radius 3 is 2.76 bits per heavy atom. The predicted molar refractivity (Wildman–Crippen MR) is 70.5 cm³/mol. The highest BCUT2D eigenvalue weighted by molar-refractivity contribution is 7.84. The third-order valence-electron chi connectivity index (χ3n) is 2.63. The lowest BCUT2D eigenvalue weighted by Gasteiger charge is -2.05. The molecule has 0 saturated carbocycles. The molecule has 0 radical (unpaired) electrons. The van der Waals surface area contributed by atoms with Crippen LogP contribution in [-0.2, 0) is 23.1 Å². The van der Waals surface area contributed by atoms with Gasteiger partial charge in [0.1, 0.15) is 5.82 Å². The smallest absolute Gasteiger partial charge is 0.127 e. The summed E-state index contributed by atoms with van der Waals surface area (Å²) in [7, 11) is -0.853. The maximum atomic E-state index is 13.2. The molecule has 0 heterocycles. The molecule has 1 rings (SSSR count). The zero-order valence-electron chi connectivity index (χ0n) is 10.2. The molecule has 1 aromatic rings. The molecular weight excluding hydrogens is 237 g/mol. The Kier molecular flexibility index (Phi) is 6.37. The quantitative estimate of drug-likeness (QED) is 0.763. The monoisotopic (exact) mass is 257 g/mol. The van der Waals surface area contributed by atoms with Crippen molar-refractivity contribution in [3.8, 4) is 0 Å². The molecule has 1 atom stereocenters. The van der Waals surface area contributed by atoms with Crippen LogP contribution >= 0.6 is 0 Å². The second-order valence-corrected chi connectivity index (χ2v) is 5.70. The maximum Gasteiger partial charge on any atom is 0.127 e. The van der Waals surface area contributed by atoms with Crippen LogP contribution in [0.25, 0.3) is 0 Å². The lowest BCUT2D eigenvalue weighted by molar-refractivity contribution is 0.610. The van der Waals surface area contributed by atoms with Crippen molar-refractivity contribution >= 4 is 10.8 Å². The van der Waals surface area contributed by atoms with Gasteiger partial charge in [0.05, 0.1) is 0 Å².